The third-order valence-electron chi connectivity index (χ3n) is 2.13. The van der Waals surface area contributed by atoms with E-state index in [-0.39, 0.29) is 6.54 Å². The van der Waals surface area contributed by atoms with Gasteiger partial charge in [0, 0.05) is 5.69 Å². The number of nitrogens with zero attached hydrogens (tertiary/aromatic N) is 1. The Labute approximate surface area is 82.5 Å². The Morgan fingerprint density at radius 2 is 2.21 bits per heavy atom. The lowest BCUT2D eigenvalue weighted by Gasteiger charge is -2.06. The Balaban J connectivity index is 3.23. The number of rotatable bonds is 3. The van der Waals surface area contributed by atoms with E-state index in [1.54, 1.807) is 4.57 Å². The maximum absolute atomic E-state index is 11.4. The number of aromatic nitrogens is 1. The molecule has 4 heteroatoms. The first-order valence-electron chi connectivity index (χ1n) is 4.30. The number of aryl methyl sites for hydroxylation is 2. The quantitative estimate of drug-likeness (QED) is 0.536. The third kappa shape index (κ3) is 1.69. The number of carbonyl (C=O) groups is 2. The van der Waals surface area contributed by atoms with Gasteiger partial charge in [0.1, 0.15) is 12.0 Å². The Bertz CT molecular complexity index is 366. The zero-order chi connectivity index (χ0) is 10.7. The molecule has 1 heterocycles. The van der Waals surface area contributed by atoms with Gasteiger partial charge >= 0.3 is 5.97 Å². The fraction of sp³-hybridized carbons (Fsp3) is 0.400. The number of hydrogen-bond donors (Lipinski definition) is 0. The maximum atomic E-state index is 11.4. The number of esters is 1. The summed E-state index contributed by atoms with van der Waals surface area (Å²) < 4.78 is 6.29. The maximum Gasteiger partial charge on any atom is 0.354 e. The van der Waals surface area contributed by atoms with E-state index in [0.717, 1.165) is 17.5 Å². The molecule has 4 nitrogen and oxygen atoms in total. The average molecular weight is 195 g/mol. The van der Waals surface area contributed by atoms with Gasteiger partial charge in [-0.25, -0.2) is 4.79 Å². The van der Waals surface area contributed by atoms with Gasteiger partial charge < -0.3 is 14.1 Å². The minimum Gasteiger partial charge on any atom is -0.464 e. The molecule has 14 heavy (non-hydrogen) atoms. The second kappa shape index (κ2) is 4.09. The van der Waals surface area contributed by atoms with Crippen molar-refractivity contribution in [2.45, 2.75) is 20.4 Å². The normalized spacial score (nSPS) is 9.93. The van der Waals surface area contributed by atoms with Gasteiger partial charge in [0.05, 0.1) is 13.7 Å². The lowest BCUT2D eigenvalue weighted by Crippen LogP contribution is -2.13. The molecule has 1 rings (SSSR count). The van der Waals surface area contributed by atoms with Gasteiger partial charge in [0.2, 0.25) is 0 Å². The minimum atomic E-state index is -0.405. The number of hydrogen-bond acceptors (Lipinski definition) is 3. The highest BCUT2D eigenvalue weighted by Crippen LogP contribution is 2.15. The predicted molar refractivity (Wildman–Crippen MR) is 51.3 cm³/mol. The van der Waals surface area contributed by atoms with Crippen LogP contribution in [-0.4, -0.2) is 23.9 Å². The van der Waals surface area contributed by atoms with Gasteiger partial charge in [-0.15, -0.1) is 0 Å². The molecule has 0 unspecified atom stereocenters. The largest absolute Gasteiger partial charge is 0.464 e. The molecule has 0 atom stereocenters. The van der Waals surface area contributed by atoms with Crippen molar-refractivity contribution >= 4 is 12.3 Å². The summed E-state index contributed by atoms with van der Waals surface area (Å²) in [6, 6.07) is 1.86. The zero-order valence-corrected chi connectivity index (χ0v) is 8.53. The van der Waals surface area contributed by atoms with Crippen LogP contribution in [0.15, 0.2) is 6.07 Å². The minimum absolute atomic E-state index is 0.185. The molecule has 0 fully saturated rings. The first-order valence-corrected chi connectivity index (χ1v) is 4.30. The highest BCUT2D eigenvalue weighted by atomic mass is 16.5. The molecule has 0 saturated heterocycles. The van der Waals surface area contributed by atoms with Crippen LogP contribution in [0, 0.1) is 13.8 Å². The van der Waals surface area contributed by atoms with Crippen LogP contribution in [0.5, 0.6) is 0 Å². The van der Waals surface area contributed by atoms with Crippen molar-refractivity contribution in [3.63, 3.8) is 0 Å². The summed E-state index contributed by atoms with van der Waals surface area (Å²) in [7, 11) is 1.33. The van der Waals surface area contributed by atoms with E-state index in [0.29, 0.717) is 5.69 Å². The summed E-state index contributed by atoms with van der Waals surface area (Å²) in [6.45, 7) is 3.85. The fourth-order valence-corrected chi connectivity index (χ4v) is 1.53. The molecule has 0 aliphatic rings. The van der Waals surface area contributed by atoms with E-state index in [9.17, 15) is 9.59 Å². The number of ether oxygens (including phenoxy) is 1. The monoisotopic (exact) mass is 195 g/mol. The molecule has 0 aliphatic heterocycles. The highest BCUT2D eigenvalue weighted by Gasteiger charge is 2.16. The molecule has 0 saturated carbocycles. The summed E-state index contributed by atoms with van der Waals surface area (Å²) >= 11 is 0. The number of carbonyl (C=O) groups excluding carboxylic acids is 2. The van der Waals surface area contributed by atoms with Crippen molar-refractivity contribution in [2.24, 2.45) is 0 Å². The summed E-state index contributed by atoms with van der Waals surface area (Å²) in [5, 5.41) is 0. The molecule has 0 N–H and O–H groups in total. The van der Waals surface area contributed by atoms with E-state index in [2.05, 4.69) is 4.74 Å². The molecule has 1 aromatic rings. The fourth-order valence-electron chi connectivity index (χ4n) is 1.53. The second-order valence-corrected chi connectivity index (χ2v) is 3.09. The Hall–Kier alpha value is -1.58. The van der Waals surface area contributed by atoms with Crippen LogP contribution in [-0.2, 0) is 16.1 Å². The Morgan fingerprint density at radius 1 is 1.57 bits per heavy atom. The molecule has 0 spiro atoms. The van der Waals surface area contributed by atoms with Crippen molar-refractivity contribution in [1.82, 2.24) is 4.57 Å². The first-order chi connectivity index (χ1) is 6.61. The van der Waals surface area contributed by atoms with Crippen molar-refractivity contribution in [1.29, 1.82) is 0 Å². The van der Waals surface area contributed by atoms with E-state index >= 15 is 0 Å². The summed E-state index contributed by atoms with van der Waals surface area (Å²) in [6.07, 6.45) is 0.763. The van der Waals surface area contributed by atoms with Crippen molar-refractivity contribution in [2.75, 3.05) is 7.11 Å². The smallest absolute Gasteiger partial charge is 0.354 e. The van der Waals surface area contributed by atoms with Gasteiger partial charge in [-0.3, -0.25) is 0 Å². The van der Waals surface area contributed by atoms with Crippen LogP contribution in [0.3, 0.4) is 0 Å². The predicted octanol–water partition coefficient (Wildman–Crippen LogP) is 1.09. The Kier molecular flexibility index (Phi) is 3.06. The van der Waals surface area contributed by atoms with E-state index in [4.69, 9.17) is 0 Å². The summed E-state index contributed by atoms with van der Waals surface area (Å²) in [5.74, 6) is -0.405. The van der Waals surface area contributed by atoms with Crippen LogP contribution in [0.2, 0.25) is 0 Å². The van der Waals surface area contributed by atoms with Crippen LogP contribution < -0.4 is 0 Å². The molecule has 76 valence electrons. The third-order valence-corrected chi connectivity index (χ3v) is 2.13. The molecule has 0 amide bonds. The molecule has 0 radical (unpaired) electrons. The second-order valence-electron chi connectivity index (χ2n) is 3.09. The lowest BCUT2D eigenvalue weighted by atomic mass is 10.2. The molecule has 0 aliphatic carbocycles. The van der Waals surface area contributed by atoms with Crippen LogP contribution in [0.1, 0.15) is 21.7 Å². The van der Waals surface area contributed by atoms with Crippen molar-refractivity contribution < 1.29 is 14.3 Å². The lowest BCUT2D eigenvalue weighted by molar-refractivity contribution is -0.108. The van der Waals surface area contributed by atoms with E-state index in [1.165, 1.54) is 7.11 Å². The zero-order valence-electron chi connectivity index (χ0n) is 8.53. The standard InChI is InChI=1S/C10H13NO3/c1-7-6-8(2)11(4-5-12)9(7)10(13)14-3/h5-6H,4H2,1-3H3. The summed E-state index contributed by atoms with van der Waals surface area (Å²) in [4.78, 5) is 21.8. The van der Waals surface area contributed by atoms with Gasteiger partial charge in [0.15, 0.2) is 0 Å². The van der Waals surface area contributed by atoms with Gasteiger partial charge in [-0.2, -0.15) is 0 Å². The van der Waals surface area contributed by atoms with Crippen LogP contribution >= 0.6 is 0 Å². The van der Waals surface area contributed by atoms with E-state index in [1.807, 2.05) is 19.9 Å². The summed E-state index contributed by atoms with van der Waals surface area (Å²) in [5.41, 5.74) is 2.17. The molecular formula is C10H13NO3. The van der Waals surface area contributed by atoms with Crippen LogP contribution in [0.25, 0.3) is 0 Å². The van der Waals surface area contributed by atoms with Crippen molar-refractivity contribution in [3.05, 3.63) is 23.0 Å². The van der Waals surface area contributed by atoms with Crippen LogP contribution in [0.4, 0.5) is 0 Å². The number of aldehydes is 1. The Morgan fingerprint density at radius 3 is 2.71 bits per heavy atom. The highest BCUT2D eigenvalue weighted by molar-refractivity contribution is 5.89. The van der Waals surface area contributed by atoms with Gasteiger partial charge in [-0.1, -0.05) is 0 Å². The molecule has 0 bridgehead atoms. The van der Waals surface area contributed by atoms with Gasteiger partial charge in [-0.05, 0) is 25.5 Å². The average Bonchev–Trinajstić information content (AvgIpc) is 2.42. The number of methoxy groups -OCH3 is 1. The van der Waals surface area contributed by atoms with Gasteiger partial charge in [0.25, 0.3) is 0 Å². The van der Waals surface area contributed by atoms with Crippen molar-refractivity contribution in [3.8, 4) is 0 Å². The molecule has 0 aromatic carbocycles. The topological polar surface area (TPSA) is 48.3 Å². The molecular weight excluding hydrogens is 182 g/mol. The SMILES string of the molecule is COC(=O)c1c(C)cc(C)n1CC=O. The molecule has 1 aromatic heterocycles. The first kappa shape index (κ1) is 10.5. The van der Waals surface area contributed by atoms with E-state index < -0.39 is 5.97 Å².